The predicted molar refractivity (Wildman–Crippen MR) is 132 cm³/mol. The van der Waals surface area contributed by atoms with E-state index in [1.165, 1.54) is 33.1 Å². The molecule has 4 rings (SSSR count). The molecule has 2 unspecified atom stereocenters. The SMILES string of the molecule is COc1ccc(C2SCC(C(=O)NC3CC3)N2C(=O)c2cc(OC)c(OC)c(OC)c2)cc1OC. The van der Waals surface area contributed by atoms with Gasteiger partial charge in [-0.2, -0.15) is 0 Å². The summed E-state index contributed by atoms with van der Waals surface area (Å²) in [6, 6.07) is 8.29. The molecule has 0 radical (unpaired) electrons. The van der Waals surface area contributed by atoms with E-state index < -0.39 is 11.4 Å². The summed E-state index contributed by atoms with van der Waals surface area (Å²) < 4.78 is 27.1. The number of nitrogens with zero attached hydrogens (tertiary/aromatic N) is 1. The van der Waals surface area contributed by atoms with E-state index in [2.05, 4.69) is 5.32 Å². The lowest BCUT2D eigenvalue weighted by Gasteiger charge is -2.30. The van der Waals surface area contributed by atoms with E-state index >= 15 is 0 Å². The molecule has 1 aliphatic carbocycles. The second-order valence-electron chi connectivity index (χ2n) is 8.23. The number of carbonyl (C=O) groups is 2. The number of benzene rings is 2. The summed E-state index contributed by atoms with van der Waals surface area (Å²) in [5.41, 5.74) is 1.16. The number of rotatable bonds is 9. The second kappa shape index (κ2) is 10.6. The van der Waals surface area contributed by atoms with Gasteiger partial charge in [0.2, 0.25) is 11.7 Å². The Kier molecular flexibility index (Phi) is 7.49. The number of hydrogen-bond acceptors (Lipinski definition) is 8. The van der Waals surface area contributed by atoms with Crippen molar-refractivity contribution in [2.24, 2.45) is 0 Å². The van der Waals surface area contributed by atoms with Crippen molar-refractivity contribution in [1.82, 2.24) is 10.2 Å². The van der Waals surface area contributed by atoms with Crippen LogP contribution < -0.4 is 29.0 Å². The number of carbonyl (C=O) groups excluding carboxylic acids is 2. The highest BCUT2D eigenvalue weighted by Crippen LogP contribution is 2.46. The fraction of sp³-hybridized carbons (Fsp3) is 0.440. The molecule has 9 nitrogen and oxygen atoms in total. The zero-order valence-corrected chi connectivity index (χ0v) is 21.3. The molecule has 1 heterocycles. The maximum Gasteiger partial charge on any atom is 0.256 e. The highest BCUT2D eigenvalue weighted by atomic mass is 32.2. The van der Waals surface area contributed by atoms with Crippen LogP contribution in [0.3, 0.4) is 0 Å². The van der Waals surface area contributed by atoms with E-state index in [0.717, 1.165) is 18.4 Å². The van der Waals surface area contributed by atoms with Gasteiger partial charge in [-0.3, -0.25) is 9.59 Å². The van der Waals surface area contributed by atoms with Crippen LogP contribution in [0.4, 0.5) is 0 Å². The average molecular weight is 503 g/mol. The maximum atomic E-state index is 14.0. The third-order valence-corrected chi connectivity index (χ3v) is 7.39. The van der Waals surface area contributed by atoms with Crippen molar-refractivity contribution in [3.8, 4) is 28.7 Å². The molecular weight excluding hydrogens is 472 g/mol. The molecule has 0 aromatic heterocycles. The van der Waals surface area contributed by atoms with E-state index in [9.17, 15) is 9.59 Å². The van der Waals surface area contributed by atoms with Crippen LogP contribution in [0, 0.1) is 0 Å². The molecule has 2 atom stereocenters. The number of hydrogen-bond donors (Lipinski definition) is 1. The highest BCUT2D eigenvalue weighted by molar-refractivity contribution is 7.99. The zero-order valence-electron chi connectivity index (χ0n) is 20.5. The number of thioether (sulfide) groups is 1. The molecule has 2 aromatic carbocycles. The van der Waals surface area contributed by atoms with Crippen molar-refractivity contribution < 1.29 is 33.3 Å². The molecule has 0 spiro atoms. The minimum atomic E-state index is -0.634. The number of nitrogens with one attached hydrogen (secondary N) is 1. The van der Waals surface area contributed by atoms with E-state index in [-0.39, 0.29) is 17.9 Å². The first-order chi connectivity index (χ1) is 16.9. The number of amides is 2. The van der Waals surface area contributed by atoms with Gasteiger partial charge in [0, 0.05) is 17.4 Å². The monoisotopic (exact) mass is 502 g/mol. The van der Waals surface area contributed by atoms with Gasteiger partial charge in [-0.05, 0) is 42.7 Å². The van der Waals surface area contributed by atoms with Crippen LogP contribution in [-0.4, -0.2) is 70.1 Å². The first-order valence-corrected chi connectivity index (χ1v) is 12.3. The fourth-order valence-corrected chi connectivity index (χ4v) is 5.52. The molecule has 1 aliphatic heterocycles. The average Bonchev–Trinajstić information content (AvgIpc) is 3.60. The summed E-state index contributed by atoms with van der Waals surface area (Å²) >= 11 is 1.53. The molecule has 2 aromatic rings. The Morgan fingerprint density at radius 1 is 0.857 bits per heavy atom. The molecule has 10 heteroatoms. The molecule has 2 aliphatic rings. The molecule has 1 saturated carbocycles. The Labute approximate surface area is 209 Å². The van der Waals surface area contributed by atoms with Crippen molar-refractivity contribution in [1.29, 1.82) is 0 Å². The van der Waals surface area contributed by atoms with E-state index in [1.807, 2.05) is 12.1 Å². The third kappa shape index (κ3) is 4.93. The first-order valence-electron chi connectivity index (χ1n) is 11.2. The second-order valence-corrected chi connectivity index (χ2v) is 9.34. The van der Waals surface area contributed by atoms with Crippen LogP contribution in [0.25, 0.3) is 0 Å². The largest absolute Gasteiger partial charge is 0.493 e. The lowest BCUT2D eigenvalue weighted by Crippen LogP contribution is -2.48. The minimum absolute atomic E-state index is 0.149. The van der Waals surface area contributed by atoms with Crippen molar-refractivity contribution in [3.05, 3.63) is 41.5 Å². The summed E-state index contributed by atoms with van der Waals surface area (Å²) in [7, 11) is 7.63. The normalized spacial score (nSPS) is 19.2. The van der Waals surface area contributed by atoms with E-state index in [4.69, 9.17) is 23.7 Å². The Bertz CT molecular complexity index is 1080. The molecule has 1 N–H and O–H groups in total. The van der Waals surface area contributed by atoms with E-state index in [0.29, 0.717) is 40.1 Å². The van der Waals surface area contributed by atoms with E-state index in [1.54, 1.807) is 37.3 Å². The lowest BCUT2D eigenvalue weighted by atomic mass is 10.1. The molecule has 2 fully saturated rings. The van der Waals surface area contributed by atoms with Gasteiger partial charge in [0.25, 0.3) is 5.91 Å². The van der Waals surface area contributed by atoms with Gasteiger partial charge >= 0.3 is 0 Å². The Hall–Kier alpha value is -3.27. The van der Waals surface area contributed by atoms with Crippen molar-refractivity contribution in [3.63, 3.8) is 0 Å². The van der Waals surface area contributed by atoms with Gasteiger partial charge in [-0.25, -0.2) is 0 Å². The zero-order chi connectivity index (χ0) is 25.1. The summed E-state index contributed by atoms with van der Waals surface area (Å²) in [6.45, 7) is 0. The maximum absolute atomic E-state index is 14.0. The lowest BCUT2D eigenvalue weighted by molar-refractivity contribution is -0.125. The van der Waals surface area contributed by atoms with Crippen LogP contribution in [-0.2, 0) is 4.79 Å². The summed E-state index contributed by atoms with van der Waals surface area (Å²) in [4.78, 5) is 28.8. The number of methoxy groups -OCH3 is 5. The fourth-order valence-electron chi connectivity index (χ4n) is 4.10. The molecule has 1 saturated heterocycles. The van der Waals surface area contributed by atoms with Crippen molar-refractivity contribution in [2.45, 2.75) is 30.3 Å². The topological polar surface area (TPSA) is 95.6 Å². The van der Waals surface area contributed by atoms with Crippen LogP contribution in [0.15, 0.2) is 30.3 Å². The Morgan fingerprint density at radius 3 is 2.03 bits per heavy atom. The van der Waals surface area contributed by atoms with Crippen LogP contribution in [0.1, 0.15) is 34.1 Å². The summed E-state index contributed by atoms with van der Waals surface area (Å²) in [5, 5.41) is 2.64. The van der Waals surface area contributed by atoms with Gasteiger partial charge in [0.15, 0.2) is 23.0 Å². The first kappa shape index (κ1) is 24.8. The molecule has 188 valence electrons. The third-order valence-electron chi connectivity index (χ3n) is 6.07. The predicted octanol–water partition coefficient (Wildman–Crippen LogP) is 3.26. The smallest absolute Gasteiger partial charge is 0.256 e. The van der Waals surface area contributed by atoms with Gasteiger partial charge in [-0.15, -0.1) is 11.8 Å². The van der Waals surface area contributed by atoms with Crippen LogP contribution >= 0.6 is 11.8 Å². The molecular formula is C25H30N2O7S. The van der Waals surface area contributed by atoms with Gasteiger partial charge in [0.1, 0.15) is 11.4 Å². The van der Waals surface area contributed by atoms with Gasteiger partial charge in [0.05, 0.1) is 35.5 Å². The quantitative estimate of drug-likeness (QED) is 0.558. The molecule has 0 bridgehead atoms. The summed E-state index contributed by atoms with van der Waals surface area (Å²) in [6.07, 6.45) is 1.93. The molecule has 35 heavy (non-hydrogen) atoms. The van der Waals surface area contributed by atoms with Gasteiger partial charge in [-0.1, -0.05) is 6.07 Å². The van der Waals surface area contributed by atoms with Crippen LogP contribution in [0.5, 0.6) is 28.7 Å². The van der Waals surface area contributed by atoms with Crippen molar-refractivity contribution >= 4 is 23.6 Å². The standard InChI is InChI=1S/C25H30N2O7S/c1-30-18-9-6-14(10-19(18)31-2)25-27(17(13-35-25)23(28)26-16-7-8-16)24(29)15-11-20(32-3)22(34-5)21(12-15)33-4/h6,9-12,16-17,25H,7-8,13H2,1-5H3,(H,26,28). The summed E-state index contributed by atoms with van der Waals surface area (Å²) in [5.74, 6) is 2.26. The Morgan fingerprint density at radius 2 is 1.49 bits per heavy atom. The highest BCUT2D eigenvalue weighted by Gasteiger charge is 2.44. The number of ether oxygens (including phenoxy) is 5. The Balaban J connectivity index is 1.75. The minimum Gasteiger partial charge on any atom is -0.493 e. The van der Waals surface area contributed by atoms with Crippen molar-refractivity contribution in [2.75, 3.05) is 41.3 Å². The van der Waals surface area contributed by atoms with Crippen LogP contribution in [0.2, 0.25) is 0 Å². The van der Waals surface area contributed by atoms with Gasteiger partial charge < -0.3 is 33.9 Å². The molecule has 2 amide bonds.